The van der Waals surface area contributed by atoms with Crippen LogP contribution in [0.4, 0.5) is 64.1 Å². The Bertz CT molecular complexity index is 1270. The first-order chi connectivity index (χ1) is 20.9. The van der Waals surface area contributed by atoms with Crippen LogP contribution >= 0.6 is 0 Å². The summed E-state index contributed by atoms with van der Waals surface area (Å²) >= 11 is 0. The number of hydrogen-bond acceptors (Lipinski definition) is 2. The quantitative estimate of drug-likeness (QED) is 0.145. The molecule has 0 aliphatic carbocycles. The predicted octanol–water partition coefficient (Wildman–Crippen LogP) is 11.2. The molecule has 2 unspecified atom stereocenters. The molecular weight excluding hydrogens is 640 g/mol. The van der Waals surface area contributed by atoms with Crippen molar-refractivity contribution in [1.29, 1.82) is 0 Å². The molecule has 0 aliphatic heterocycles. The highest BCUT2D eigenvalue weighted by Crippen LogP contribution is 2.63. The van der Waals surface area contributed by atoms with E-state index in [-0.39, 0.29) is 72.2 Å². The Morgan fingerprint density at radius 1 is 0.500 bits per heavy atom. The summed E-state index contributed by atoms with van der Waals surface area (Å²) in [5.74, 6) is -43.9. The SMILES string of the molecule is CCCc1cc(C(F)(F)C(F)(F)C(F)(F)C(F)(F)C(F)(F)C(F)(F)c2cc(CCC)c(N)c(C(C)CC)c2)cc(C(C)CC)c1N. The fourth-order valence-electron chi connectivity index (χ4n) is 5.20. The zero-order valence-electron chi connectivity index (χ0n) is 26.4. The smallest absolute Gasteiger partial charge is 0.385 e. The largest absolute Gasteiger partial charge is 0.398 e. The normalized spacial score (nSPS) is 15.3. The van der Waals surface area contributed by atoms with Crippen molar-refractivity contribution in [2.75, 3.05) is 11.5 Å². The Hall–Kier alpha value is -2.80. The third-order valence-corrected chi connectivity index (χ3v) is 8.62. The summed E-state index contributed by atoms with van der Waals surface area (Å²) in [5, 5.41) is 0. The molecule has 0 spiro atoms. The van der Waals surface area contributed by atoms with Gasteiger partial charge in [-0.2, -0.15) is 52.7 Å². The van der Waals surface area contributed by atoms with Gasteiger partial charge in [0.2, 0.25) is 0 Å². The summed E-state index contributed by atoms with van der Waals surface area (Å²) in [6, 6.07) is 1.24. The summed E-state index contributed by atoms with van der Waals surface area (Å²) in [4.78, 5) is 0. The van der Waals surface area contributed by atoms with Crippen LogP contribution in [-0.2, 0) is 24.7 Å². The van der Waals surface area contributed by atoms with Crippen molar-refractivity contribution in [3.05, 3.63) is 57.6 Å². The number of nitrogen functional groups attached to an aromatic ring is 2. The first-order valence-electron chi connectivity index (χ1n) is 15.0. The Balaban J connectivity index is 2.80. The van der Waals surface area contributed by atoms with Gasteiger partial charge in [0.25, 0.3) is 0 Å². The fraction of sp³-hybridized carbons (Fsp3) is 0.625. The van der Waals surface area contributed by atoms with Gasteiger partial charge in [-0.15, -0.1) is 0 Å². The van der Waals surface area contributed by atoms with Gasteiger partial charge in [-0.05, 0) is 84.0 Å². The van der Waals surface area contributed by atoms with E-state index in [0.717, 1.165) is 0 Å². The summed E-state index contributed by atoms with van der Waals surface area (Å²) < 4.78 is 182. The van der Waals surface area contributed by atoms with E-state index >= 15 is 52.7 Å². The van der Waals surface area contributed by atoms with Gasteiger partial charge in [-0.1, -0.05) is 54.4 Å². The van der Waals surface area contributed by atoms with Gasteiger partial charge in [-0.25, -0.2) is 0 Å². The maximum absolute atomic E-state index is 15.4. The number of halogens is 12. The lowest BCUT2D eigenvalue weighted by Gasteiger charge is -2.41. The first kappa shape index (κ1) is 39.4. The molecule has 0 aromatic heterocycles. The van der Waals surface area contributed by atoms with Crippen LogP contribution in [0.3, 0.4) is 0 Å². The van der Waals surface area contributed by atoms with Crippen molar-refractivity contribution in [1.82, 2.24) is 0 Å². The molecule has 2 nitrogen and oxygen atoms in total. The van der Waals surface area contributed by atoms with E-state index in [1.54, 1.807) is 27.7 Å². The molecule has 0 saturated heterocycles. The Labute approximate surface area is 260 Å². The first-order valence-corrected chi connectivity index (χ1v) is 15.0. The van der Waals surface area contributed by atoms with Crippen LogP contribution in [0.5, 0.6) is 0 Å². The number of nitrogens with two attached hydrogens (primary N) is 2. The number of anilines is 2. The fourth-order valence-corrected chi connectivity index (χ4v) is 5.20. The van der Waals surface area contributed by atoms with E-state index < -0.39 is 58.5 Å². The van der Waals surface area contributed by atoms with E-state index in [4.69, 9.17) is 11.5 Å². The Kier molecular flexibility index (Phi) is 11.4. The van der Waals surface area contributed by atoms with Crippen LogP contribution in [-0.4, -0.2) is 23.7 Å². The molecule has 4 N–H and O–H groups in total. The van der Waals surface area contributed by atoms with Crippen LogP contribution in [0.15, 0.2) is 24.3 Å². The summed E-state index contributed by atoms with van der Waals surface area (Å²) in [6.45, 7) is 9.13. The lowest BCUT2D eigenvalue weighted by molar-refractivity contribution is -0.429. The van der Waals surface area contributed by atoms with Gasteiger partial charge in [0.05, 0.1) is 0 Å². The van der Waals surface area contributed by atoms with Crippen molar-refractivity contribution in [3.63, 3.8) is 0 Å². The van der Waals surface area contributed by atoms with Gasteiger partial charge >= 0.3 is 35.5 Å². The van der Waals surface area contributed by atoms with E-state index in [0.29, 0.717) is 24.3 Å². The molecule has 0 radical (unpaired) electrons. The number of hydrogen-bond donors (Lipinski definition) is 2. The summed E-state index contributed by atoms with van der Waals surface area (Å²) in [7, 11) is 0. The summed E-state index contributed by atoms with van der Waals surface area (Å²) in [6.07, 6.45) is 0.634. The van der Waals surface area contributed by atoms with Gasteiger partial charge in [0.15, 0.2) is 0 Å². The molecule has 0 aliphatic rings. The molecule has 2 aromatic rings. The molecule has 2 rings (SSSR count). The van der Waals surface area contributed by atoms with Gasteiger partial charge in [0, 0.05) is 22.5 Å². The van der Waals surface area contributed by atoms with Crippen molar-refractivity contribution in [3.8, 4) is 0 Å². The molecule has 46 heavy (non-hydrogen) atoms. The summed E-state index contributed by atoms with van der Waals surface area (Å²) in [5.41, 5.74) is 7.13. The van der Waals surface area contributed by atoms with Crippen molar-refractivity contribution in [2.24, 2.45) is 0 Å². The van der Waals surface area contributed by atoms with Gasteiger partial charge in [0.1, 0.15) is 0 Å². The average molecular weight is 681 g/mol. The van der Waals surface area contributed by atoms with E-state index in [1.807, 2.05) is 0 Å². The standard InChI is InChI=1S/C32H40F12N2/c1-7-11-19-13-21(15-23(25(19)45)17(5)9-3)27(33,34)29(37,38)31(41,42)32(43,44)30(39,40)28(35,36)22-14-20(12-8-2)26(46)24(16-22)18(6)10-4/h13-18H,7-12,45-46H2,1-6H3. The lowest BCUT2D eigenvalue weighted by atomic mass is 9.83. The Morgan fingerprint density at radius 3 is 1.02 bits per heavy atom. The second kappa shape index (κ2) is 13.4. The zero-order valence-corrected chi connectivity index (χ0v) is 26.4. The average Bonchev–Trinajstić information content (AvgIpc) is 2.97. The van der Waals surface area contributed by atoms with Gasteiger partial charge < -0.3 is 11.5 Å². The van der Waals surface area contributed by atoms with Crippen molar-refractivity contribution in [2.45, 2.75) is 127 Å². The number of rotatable bonds is 15. The second-order valence-corrected chi connectivity index (χ2v) is 11.8. The highest BCUT2D eigenvalue weighted by atomic mass is 19.4. The molecular formula is C32H40F12N2. The van der Waals surface area contributed by atoms with E-state index in [2.05, 4.69) is 0 Å². The maximum Gasteiger partial charge on any atom is 0.385 e. The van der Waals surface area contributed by atoms with E-state index in [9.17, 15) is 0 Å². The van der Waals surface area contributed by atoms with Gasteiger partial charge in [-0.3, -0.25) is 0 Å². The zero-order chi connectivity index (χ0) is 35.8. The van der Waals surface area contributed by atoms with Crippen LogP contribution in [0.25, 0.3) is 0 Å². The molecule has 2 atom stereocenters. The monoisotopic (exact) mass is 680 g/mol. The maximum atomic E-state index is 15.4. The molecule has 14 heteroatoms. The highest BCUT2D eigenvalue weighted by Gasteiger charge is 2.90. The third-order valence-electron chi connectivity index (χ3n) is 8.62. The predicted molar refractivity (Wildman–Crippen MR) is 155 cm³/mol. The van der Waals surface area contributed by atoms with E-state index in [1.165, 1.54) is 13.8 Å². The minimum atomic E-state index is -7.71. The second-order valence-electron chi connectivity index (χ2n) is 11.8. The lowest BCUT2D eigenvalue weighted by Crippen LogP contribution is -2.69. The van der Waals surface area contributed by atoms with Crippen molar-refractivity contribution >= 4 is 11.4 Å². The van der Waals surface area contributed by atoms with Crippen LogP contribution < -0.4 is 11.5 Å². The number of aryl methyl sites for hydroxylation is 2. The number of benzene rings is 2. The number of alkyl halides is 12. The van der Waals surface area contributed by atoms with Crippen molar-refractivity contribution < 1.29 is 52.7 Å². The molecule has 0 amide bonds. The molecule has 0 bridgehead atoms. The third kappa shape index (κ3) is 6.13. The molecule has 0 fully saturated rings. The topological polar surface area (TPSA) is 52.0 Å². The minimum Gasteiger partial charge on any atom is -0.398 e. The Morgan fingerprint density at radius 2 is 0.783 bits per heavy atom. The molecule has 0 heterocycles. The molecule has 2 aromatic carbocycles. The highest BCUT2D eigenvalue weighted by molar-refractivity contribution is 5.59. The van der Waals surface area contributed by atoms with Crippen LogP contribution in [0.1, 0.15) is 112 Å². The van der Waals surface area contributed by atoms with Crippen LogP contribution in [0, 0.1) is 0 Å². The minimum absolute atomic E-state index is 0.109. The van der Waals surface area contributed by atoms with Crippen LogP contribution in [0.2, 0.25) is 0 Å². The molecule has 0 saturated carbocycles. The molecule has 262 valence electrons.